The molecule has 0 spiro atoms. The van der Waals surface area contributed by atoms with E-state index in [9.17, 15) is 10.1 Å². The first kappa shape index (κ1) is 14.5. The molecule has 0 fully saturated rings. The van der Waals surface area contributed by atoms with Crippen LogP contribution in [0.3, 0.4) is 0 Å². The highest BCUT2D eigenvalue weighted by atomic mass is 16.6. The fourth-order valence-corrected chi connectivity index (χ4v) is 2.19. The van der Waals surface area contributed by atoms with Gasteiger partial charge >= 0.3 is 5.69 Å². The lowest BCUT2D eigenvalue weighted by Gasteiger charge is -2.22. The second kappa shape index (κ2) is 6.04. The van der Waals surface area contributed by atoms with Crippen LogP contribution in [0.1, 0.15) is 0 Å². The van der Waals surface area contributed by atoms with E-state index < -0.39 is 4.92 Å². The molecule has 0 saturated carbocycles. The summed E-state index contributed by atoms with van der Waals surface area (Å²) in [5.74, 6) is 0.375. The monoisotopic (exact) mass is 284 g/mol. The maximum absolute atomic E-state index is 11.4. The van der Waals surface area contributed by atoms with Crippen molar-refractivity contribution in [2.45, 2.75) is 0 Å². The van der Waals surface area contributed by atoms with Gasteiger partial charge in [0.05, 0.1) is 15.8 Å². The van der Waals surface area contributed by atoms with Gasteiger partial charge in [0.1, 0.15) is 0 Å². The Morgan fingerprint density at radius 3 is 2.48 bits per heavy atom. The number of rotatable bonds is 6. The summed E-state index contributed by atoms with van der Waals surface area (Å²) >= 11 is 0. The van der Waals surface area contributed by atoms with Crippen molar-refractivity contribution in [1.82, 2.24) is 4.98 Å². The molecule has 1 aromatic carbocycles. The Balaban J connectivity index is 2.74. The van der Waals surface area contributed by atoms with E-state index in [0.717, 1.165) is 0 Å². The lowest BCUT2D eigenvalue weighted by atomic mass is 10.1. The number of para-hydroxylation sites is 1. The summed E-state index contributed by atoms with van der Waals surface area (Å²) in [6.07, 6.45) is 3.37. The number of benzene rings is 1. The molecule has 21 heavy (non-hydrogen) atoms. The van der Waals surface area contributed by atoms with Gasteiger partial charge in [-0.25, -0.2) is 4.98 Å². The summed E-state index contributed by atoms with van der Waals surface area (Å²) in [5, 5.41) is 11.8. The maximum atomic E-state index is 11.4. The molecule has 2 aromatic rings. The normalized spacial score (nSPS) is 10.3. The summed E-state index contributed by atoms with van der Waals surface area (Å²) in [6.45, 7) is 8.30. The summed E-state index contributed by atoms with van der Waals surface area (Å²) in [5.41, 5.74) is 6.47. The van der Waals surface area contributed by atoms with E-state index in [1.807, 2.05) is 0 Å². The van der Waals surface area contributed by atoms with Crippen molar-refractivity contribution < 1.29 is 4.92 Å². The zero-order valence-corrected chi connectivity index (χ0v) is 11.5. The largest absolute Gasteiger partial charge is 0.390 e. The highest BCUT2D eigenvalue weighted by molar-refractivity contribution is 5.97. The SMILES string of the molecule is C=CCN(CC=C)c1nc2ccccc2c([N+](=O)[O-])c1N. The molecule has 0 unspecified atom stereocenters. The van der Waals surface area contributed by atoms with Crippen LogP contribution in [0.25, 0.3) is 10.9 Å². The van der Waals surface area contributed by atoms with E-state index in [2.05, 4.69) is 18.1 Å². The van der Waals surface area contributed by atoms with Crippen molar-refractivity contribution in [2.75, 3.05) is 23.7 Å². The van der Waals surface area contributed by atoms with Crippen LogP contribution in [0.15, 0.2) is 49.6 Å². The van der Waals surface area contributed by atoms with Gasteiger partial charge in [0, 0.05) is 13.1 Å². The number of fused-ring (bicyclic) bond motifs is 1. The number of hydrogen-bond donors (Lipinski definition) is 1. The van der Waals surface area contributed by atoms with Gasteiger partial charge in [0.2, 0.25) is 0 Å². The molecule has 6 heteroatoms. The van der Waals surface area contributed by atoms with Crippen LogP contribution in [0.4, 0.5) is 17.2 Å². The van der Waals surface area contributed by atoms with Gasteiger partial charge in [-0.3, -0.25) is 10.1 Å². The number of nitrogens with zero attached hydrogens (tertiary/aromatic N) is 3. The Morgan fingerprint density at radius 1 is 1.29 bits per heavy atom. The number of pyridine rings is 1. The molecule has 0 saturated heterocycles. The van der Waals surface area contributed by atoms with Crippen molar-refractivity contribution in [1.29, 1.82) is 0 Å². The van der Waals surface area contributed by atoms with E-state index >= 15 is 0 Å². The standard InChI is InChI=1S/C15H16N4O2/c1-3-9-18(10-4-2)15-13(16)14(19(20)21)11-7-5-6-8-12(11)17-15/h3-8H,1-2,9-10,16H2. The van der Waals surface area contributed by atoms with E-state index in [-0.39, 0.29) is 11.4 Å². The smallest absolute Gasteiger partial charge is 0.305 e. The van der Waals surface area contributed by atoms with Gasteiger partial charge in [-0.15, -0.1) is 13.2 Å². The number of nitro groups is 1. The van der Waals surface area contributed by atoms with Crippen molar-refractivity contribution >= 4 is 28.1 Å². The fraction of sp³-hybridized carbons (Fsp3) is 0.133. The van der Waals surface area contributed by atoms with Gasteiger partial charge in [0.25, 0.3) is 0 Å². The average molecular weight is 284 g/mol. The minimum Gasteiger partial charge on any atom is -0.390 e. The molecule has 1 aromatic heterocycles. The zero-order chi connectivity index (χ0) is 15.4. The quantitative estimate of drug-likeness (QED) is 0.501. The van der Waals surface area contributed by atoms with E-state index in [1.165, 1.54) is 0 Å². The lowest BCUT2D eigenvalue weighted by molar-refractivity contribution is -0.382. The number of aromatic nitrogens is 1. The van der Waals surface area contributed by atoms with Crippen molar-refractivity contribution in [3.63, 3.8) is 0 Å². The molecule has 0 atom stereocenters. The average Bonchev–Trinajstić information content (AvgIpc) is 2.46. The van der Waals surface area contributed by atoms with Crippen LogP contribution < -0.4 is 10.6 Å². The third kappa shape index (κ3) is 2.69. The van der Waals surface area contributed by atoms with Crippen LogP contribution in [0.2, 0.25) is 0 Å². The summed E-state index contributed by atoms with van der Waals surface area (Å²) < 4.78 is 0. The molecule has 0 aliphatic carbocycles. The van der Waals surface area contributed by atoms with E-state index in [4.69, 9.17) is 5.73 Å². The lowest BCUT2D eigenvalue weighted by Crippen LogP contribution is -2.25. The molecular weight excluding hydrogens is 268 g/mol. The summed E-state index contributed by atoms with van der Waals surface area (Å²) in [6, 6.07) is 6.88. The first-order chi connectivity index (χ1) is 10.1. The third-order valence-electron chi connectivity index (χ3n) is 3.06. The number of nitrogen functional groups attached to an aromatic ring is 1. The van der Waals surface area contributed by atoms with Crippen LogP contribution in [0, 0.1) is 10.1 Å². The van der Waals surface area contributed by atoms with Gasteiger partial charge < -0.3 is 10.6 Å². The Kier molecular flexibility index (Phi) is 4.18. The molecule has 108 valence electrons. The van der Waals surface area contributed by atoms with Crippen LogP contribution in [-0.4, -0.2) is 23.0 Å². The van der Waals surface area contributed by atoms with Crippen molar-refractivity contribution in [2.24, 2.45) is 0 Å². The zero-order valence-electron chi connectivity index (χ0n) is 11.5. The Morgan fingerprint density at radius 2 is 1.90 bits per heavy atom. The van der Waals surface area contributed by atoms with Crippen molar-refractivity contribution in [3.8, 4) is 0 Å². The second-order valence-electron chi connectivity index (χ2n) is 4.45. The highest BCUT2D eigenvalue weighted by Crippen LogP contribution is 2.36. The first-order valence-electron chi connectivity index (χ1n) is 6.39. The summed E-state index contributed by atoms with van der Waals surface area (Å²) in [4.78, 5) is 17.1. The molecule has 0 bridgehead atoms. The van der Waals surface area contributed by atoms with Crippen LogP contribution >= 0.6 is 0 Å². The van der Waals surface area contributed by atoms with E-state index in [0.29, 0.717) is 29.8 Å². The number of nitrogens with two attached hydrogens (primary N) is 1. The van der Waals surface area contributed by atoms with Gasteiger partial charge in [0.15, 0.2) is 11.5 Å². The van der Waals surface area contributed by atoms with Crippen molar-refractivity contribution in [3.05, 3.63) is 59.7 Å². The Labute approximate surface area is 122 Å². The van der Waals surface area contributed by atoms with Gasteiger partial charge in [-0.05, 0) is 12.1 Å². The number of hydrogen-bond acceptors (Lipinski definition) is 5. The predicted octanol–water partition coefficient (Wildman–Crippen LogP) is 2.90. The Bertz CT molecular complexity index is 702. The first-order valence-corrected chi connectivity index (χ1v) is 6.39. The minimum atomic E-state index is -0.469. The maximum Gasteiger partial charge on any atom is 0.305 e. The molecule has 0 amide bonds. The molecule has 6 nitrogen and oxygen atoms in total. The molecule has 2 rings (SSSR count). The molecule has 0 aliphatic rings. The number of anilines is 2. The predicted molar refractivity (Wildman–Crippen MR) is 85.4 cm³/mol. The third-order valence-corrected chi connectivity index (χ3v) is 3.06. The molecular formula is C15H16N4O2. The highest BCUT2D eigenvalue weighted by Gasteiger charge is 2.24. The summed E-state index contributed by atoms with van der Waals surface area (Å²) in [7, 11) is 0. The topological polar surface area (TPSA) is 85.3 Å². The fourth-order valence-electron chi connectivity index (χ4n) is 2.19. The second-order valence-corrected chi connectivity index (χ2v) is 4.45. The molecule has 0 aliphatic heterocycles. The van der Waals surface area contributed by atoms with E-state index in [1.54, 1.807) is 41.3 Å². The van der Waals surface area contributed by atoms with Crippen LogP contribution in [0.5, 0.6) is 0 Å². The molecule has 0 radical (unpaired) electrons. The van der Waals surface area contributed by atoms with Crippen LogP contribution in [-0.2, 0) is 0 Å². The van der Waals surface area contributed by atoms with Gasteiger partial charge in [-0.1, -0.05) is 24.3 Å². The minimum absolute atomic E-state index is 0.0578. The van der Waals surface area contributed by atoms with Gasteiger partial charge in [-0.2, -0.15) is 0 Å². The molecule has 1 heterocycles. The molecule has 2 N–H and O–H groups in total. The Hall–Kier alpha value is -2.89.